The summed E-state index contributed by atoms with van der Waals surface area (Å²) < 4.78 is 32.4. The minimum absolute atomic E-state index is 0.311. The Morgan fingerprint density at radius 1 is 1.11 bits per heavy atom. The fraction of sp³-hybridized carbons (Fsp3) is 0.200. The lowest BCUT2D eigenvalue weighted by Gasteiger charge is -2.15. The number of hydrogen-bond acceptors (Lipinski definition) is 2. The minimum atomic E-state index is -0.489. The first-order chi connectivity index (χ1) is 8.99. The first kappa shape index (κ1) is 13.5. The molecule has 0 aliphatic carbocycles. The lowest BCUT2D eigenvalue weighted by atomic mass is 10.1. The van der Waals surface area contributed by atoms with E-state index in [0.717, 1.165) is 0 Å². The Bertz CT molecular complexity index is 597. The molecule has 1 atom stereocenters. The molecule has 0 radical (unpaired) electrons. The maximum absolute atomic E-state index is 13.7. The van der Waals surface area contributed by atoms with Crippen molar-refractivity contribution in [1.29, 1.82) is 0 Å². The quantitative estimate of drug-likeness (QED) is 0.905. The predicted octanol–water partition coefficient (Wildman–Crippen LogP) is 4.09. The van der Waals surface area contributed by atoms with E-state index in [-0.39, 0.29) is 5.82 Å². The molecule has 4 heteroatoms. The van der Waals surface area contributed by atoms with E-state index in [1.807, 2.05) is 0 Å². The third kappa shape index (κ3) is 2.90. The Labute approximate surface area is 110 Å². The van der Waals surface area contributed by atoms with Gasteiger partial charge in [0.1, 0.15) is 23.1 Å². The highest BCUT2D eigenvalue weighted by Gasteiger charge is 2.15. The van der Waals surface area contributed by atoms with E-state index in [1.165, 1.54) is 24.3 Å². The van der Waals surface area contributed by atoms with Gasteiger partial charge < -0.3 is 10.5 Å². The van der Waals surface area contributed by atoms with Crippen LogP contribution < -0.4 is 10.5 Å². The molecule has 1 unspecified atom stereocenters. The van der Waals surface area contributed by atoms with Crippen molar-refractivity contribution in [3.63, 3.8) is 0 Å². The summed E-state index contributed by atoms with van der Waals surface area (Å²) in [6.07, 6.45) is 0. The molecule has 0 fully saturated rings. The molecule has 100 valence electrons. The van der Waals surface area contributed by atoms with Crippen molar-refractivity contribution >= 4 is 0 Å². The molecule has 2 aromatic rings. The average Bonchev–Trinajstić information content (AvgIpc) is 2.32. The van der Waals surface area contributed by atoms with Crippen molar-refractivity contribution in [2.75, 3.05) is 0 Å². The fourth-order valence-corrected chi connectivity index (χ4v) is 1.89. The molecule has 0 amide bonds. The maximum Gasteiger partial charge on any atom is 0.135 e. The molecule has 0 aliphatic heterocycles. The first-order valence-electron chi connectivity index (χ1n) is 5.97. The summed E-state index contributed by atoms with van der Waals surface area (Å²) >= 11 is 0. The highest BCUT2D eigenvalue weighted by atomic mass is 19.1. The molecule has 0 spiro atoms. The molecule has 0 saturated heterocycles. The molecule has 0 bridgehead atoms. The third-order valence-corrected chi connectivity index (χ3v) is 2.83. The van der Waals surface area contributed by atoms with Crippen LogP contribution in [-0.2, 0) is 0 Å². The van der Waals surface area contributed by atoms with Crippen molar-refractivity contribution in [1.82, 2.24) is 0 Å². The standard InChI is InChI=1S/C15H15F2NO/c1-9-8-11(16)6-7-13(9)19-14-5-3-4-12(17)15(14)10(2)18/h3-8,10H,18H2,1-2H3. The molecule has 19 heavy (non-hydrogen) atoms. The van der Waals surface area contributed by atoms with Crippen molar-refractivity contribution in [3.05, 3.63) is 59.2 Å². The van der Waals surface area contributed by atoms with Gasteiger partial charge >= 0.3 is 0 Å². The number of benzene rings is 2. The van der Waals surface area contributed by atoms with E-state index in [4.69, 9.17) is 10.5 Å². The molecule has 2 rings (SSSR count). The predicted molar refractivity (Wildman–Crippen MR) is 70.2 cm³/mol. The molecular formula is C15H15F2NO. The molecule has 2 nitrogen and oxygen atoms in total. The van der Waals surface area contributed by atoms with E-state index < -0.39 is 11.9 Å². The van der Waals surface area contributed by atoms with Gasteiger partial charge in [-0.3, -0.25) is 0 Å². The molecule has 0 heterocycles. The SMILES string of the molecule is Cc1cc(F)ccc1Oc1cccc(F)c1C(C)N. The van der Waals surface area contributed by atoms with Gasteiger partial charge in [-0.15, -0.1) is 0 Å². The minimum Gasteiger partial charge on any atom is -0.457 e. The van der Waals surface area contributed by atoms with Crippen LogP contribution in [0.15, 0.2) is 36.4 Å². The van der Waals surface area contributed by atoms with E-state index in [1.54, 1.807) is 26.0 Å². The fourth-order valence-electron chi connectivity index (χ4n) is 1.89. The number of rotatable bonds is 3. The second-order valence-corrected chi connectivity index (χ2v) is 4.45. The number of nitrogens with two attached hydrogens (primary N) is 1. The smallest absolute Gasteiger partial charge is 0.135 e. The maximum atomic E-state index is 13.7. The normalized spacial score (nSPS) is 12.3. The van der Waals surface area contributed by atoms with Crippen molar-refractivity contribution in [2.24, 2.45) is 5.73 Å². The average molecular weight is 263 g/mol. The van der Waals surface area contributed by atoms with Crippen LogP contribution in [0.2, 0.25) is 0 Å². The van der Waals surface area contributed by atoms with E-state index in [9.17, 15) is 8.78 Å². The number of hydrogen-bond donors (Lipinski definition) is 1. The van der Waals surface area contributed by atoms with Gasteiger partial charge in [-0.25, -0.2) is 8.78 Å². The summed E-state index contributed by atoms with van der Waals surface area (Å²) in [6.45, 7) is 3.41. The Hall–Kier alpha value is -1.94. The van der Waals surface area contributed by atoms with Crippen molar-refractivity contribution in [2.45, 2.75) is 19.9 Å². The van der Waals surface area contributed by atoms with Gasteiger partial charge in [0.2, 0.25) is 0 Å². The van der Waals surface area contributed by atoms with Gasteiger partial charge in [-0.05, 0) is 49.7 Å². The molecule has 0 aliphatic rings. The Morgan fingerprint density at radius 2 is 1.84 bits per heavy atom. The monoisotopic (exact) mass is 263 g/mol. The second-order valence-electron chi connectivity index (χ2n) is 4.45. The largest absolute Gasteiger partial charge is 0.457 e. The van der Waals surface area contributed by atoms with Gasteiger partial charge in [-0.1, -0.05) is 6.07 Å². The van der Waals surface area contributed by atoms with Gasteiger partial charge in [0.15, 0.2) is 0 Å². The Kier molecular flexibility index (Phi) is 3.81. The van der Waals surface area contributed by atoms with Crippen LogP contribution in [0.3, 0.4) is 0 Å². The first-order valence-corrected chi connectivity index (χ1v) is 5.97. The molecule has 2 aromatic carbocycles. The second kappa shape index (κ2) is 5.36. The zero-order valence-corrected chi connectivity index (χ0v) is 10.8. The summed E-state index contributed by atoms with van der Waals surface area (Å²) in [6, 6.07) is 8.22. The van der Waals surface area contributed by atoms with Gasteiger partial charge in [-0.2, -0.15) is 0 Å². The number of ether oxygens (including phenoxy) is 1. The van der Waals surface area contributed by atoms with Crippen LogP contribution in [0.5, 0.6) is 11.5 Å². The summed E-state index contributed by atoms with van der Waals surface area (Å²) in [5.74, 6) is 0.0855. The Balaban J connectivity index is 2.41. The van der Waals surface area contributed by atoms with Gasteiger partial charge in [0.05, 0.1) is 0 Å². The third-order valence-electron chi connectivity index (χ3n) is 2.83. The van der Waals surface area contributed by atoms with E-state index in [2.05, 4.69) is 0 Å². The number of halogens is 2. The van der Waals surface area contributed by atoms with Crippen molar-refractivity contribution < 1.29 is 13.5 Å². The van der Waals surface area contributed by atoms with E-state index in [0.29, 0.717) is 22.6 Å². The van der Waals surface area contributed by atoms with Crippen molar-refractivity contribution in [3.8, 4) is 11.5 Å². The lowest BCUT2D eigenvalue weighted by molar-refractivity contribution is 0.456. The Morgan fingerprint density at radius 3 is 2.47 bits per heavy atom. The van der Waals surface area contributed by atoms with Crippen LogP contribution >= 0.6 is 0 Å². The van der Waals surface area contributed by atoms with Crippen LogP contribution in [0, 0.1) is 18.6 Å². The lowest BCUT2D eigenvalue weighted by Crippen LogP contribution is -2.09. The van der Waals surface area contributed by atoms with Crippen LogP contribution in [0.1, 0.15) is 24.1 Å². The van der Waals surface area contributed by atoms with Gasteiger partial charge in [0.25, 0.3) is 0 Å². The highest BCUT2D eigenvalue weighted by Crippen LogP contribution is 2.32. The number of aryl methyl sites for hydroxylation is 1. The highest BCUT2D eigenvalue weighted by molar-refractivity contribution is 5.42. The zero-order chi connectivity index (χ0) is 14.0. The topological polar surface area (TPSA) is 35.2 Å². The molecule has 0 saturated carbocycles. The molecule has 2 N–H and O–H groups in total. The summed E-state index contributed by atoms with van der Waals surface area (Å²) in [5.41, 5.74) is 6.70. The summed E-state index contributed by atoms with van der Waals surface area (Å²) in [4.78, 5) is 0. The van der Waals surface area contributed by atoms with Crippen LogP contribution in [-0.4, -0.2) is 0 Å². The van der Waals surface area contributed by atoms with E-state index >= 15 is 0 Å². The molecular weight excluding hydrogens is 248 g/mol. The van der Waals surface area contributed by atoms with Crippen LogP contribution in [0.25, 0.3) is 0 Å². The zero-order valence-electron chi connectivity index (χ0n) is 10.8. The summed E-state index contributed by atoms with van der Waals surface area (Å²) in [5, 5.41) is 0. The summed E-state index contributed by atoms with van der Waals surface area (Å²) in [7, 11) is 0. The van der Waals surface area contributed by atoms with Crippen LogP contribution in [0.4, 0.5) is 8.78 Å². The van der Waals surface area contributed by atoms with Gasteiger partial charge in [0, 0.05) is 11.6 Å². The molecule has 0 aromatic heterocycles.